The Balaban J connectivity index is 2.25. The maximum absolute atomic E-state index is 11.9. The van der Waals surface area contributed by atoms with Gasteiger partial charge in [-0.1, -0.05) is 12.1 Å². The number of alkyl halides is 3. The second-order valence-electron chi connectivity index (χ2n) is 4.05. The third kappa shape index (κ3) is 7.69. The maximum Gasteiger partial charge on any atom is 0.573 e. The van der Waals surface area contributed by atoms with Gasteiger partial charge in [-0.3, -0.25) is 0 Å². The van der Waals surface area contributed by atoms with Crippen molar-refractivity contribution in [1.29, 1.82) is 0 Å². The Morgan fingerprint density at radius 2 is 1.68 bits per heavy atom. The molecule has 0 aliphatic heterocycles. The van der Waals surface area contributed by atoms with Gasteiger partial charge in [-0.2, -0.15) is 0 Å². The number of hydrogen-bond acceptors (Lipinski definition) is 3. The average Bonchev–Trinajstić information content (AvgIpc) is 2.34. The molecule has 3 nitrogen and oxygen atoms in total. The standard InChI is InChI=1S/C13H18F3NO2/c14-13(15,16)19-12-6-4-11(5-7-12)3-1-2-9-18-10-8-17/h4-7H,1-3,8-10,17H2. The van der Waals surface area contributed by atoms with Gasteiger partial charge >= 0.3 is 6.36 Å². The fraction of sp³-hybridized carbons (Fsp3) is 0.538. The van der Waals surface area contributed by atoms with Crippen LogP contribution in [0.5, 0.6) is 5.75 Å². The molecule has 0 unspecified atom stereocenters. The van der Waals surface area contributed by atoms with Crippen molar-refractivity contribution >= 4 is 0 Å². The van der Waals surface area contributed by atoms with E-state index < -0.39 is 6.36 Å². The summed E-state index contributed by atoms with van der Waals surface area (Å²) in [7, 11) is 0. The lowest BCUT2D eigenvalue weighted by Crippen LogP contribution is -2.17. The van der Waals surface area contributed by atoms with Gasteiger partial charge in [0.05, 0.1) is 6.61 Å². The van der Waals surface area contributed by atoms with Crippen LogP contribution >= 0.6 is 0 Å². The first-order valence-electron chi connectivity index (χ1n) is 6.14. The van der Waals surface area contributed by atoms with Crippen molar-refractivity contribution in [2.75, 3.05) is 19.8 Å². The van der Waals surface area contributed by atoms with Crippen molar-refractivity contribution < 1.29 is 22.6 Å². The zero-order chi connectivity index (χ0) is 14.1. The molecule has 0 aromatic heterocycles. The third-order valence-corrected chi connectivity index (χ3v) is 2.42. The minimum atomic E-state index is -4.64. The molecular weight excluding hydrogens is 259 g/mol. The van der Waals surface area contributed by atoms with Crippen LogP contribution in [0.3, 0.4) is 0 Å². The number of halogens is 3. The lowest BCUT2D eigenvalue weighted by atomic mass is 10.1. The average molecular weight is 277 g/mol. The number of benzene rings is 1. The molecular formula is C13H18F3NO2. The summed E-state index contributed by atoms with van der Waals surface area (Å²) >= 11 is 0. The summed E-state index contributed by atoms with van der Waals surface area (Å²) in [6.07, 6.45) is -2.01. The van der Waals surface area contributed by atoms with Gasteiger partial charge in [0.1, 0.15) is 5.75 Å². The summed E-state index contributed by atoms with van der Waals surface area (Å²) in [6, 6.07) is 5.94. The van der Waals surface area contributed by atoms with Crippen LogP contribution in [0, 0.1) is 0 Å². The molecule has 0 aliphatic carbocycles. The number of unbranched alkanes of at least 4 members (excludes halogenated alkanes) is 1. The van der Waals surface area contributed by atoms with E-state index in [0.29, 0.717) is 19.8 Å². The van der Waals surface area contributed by atoms with Crippen LogP contribution in [0.15, 0.2) is 24.3 Å². The maximum atomic E-state index is 11.9. The Hall–Kier alpha value is -1.27. The molecule has 0 heterocycles. The van der Waals surface area contributed by atoms with Gasteiger partial charge in [-0.05, 0) is 37.0 Å². The van der Waals surface area contributed by atoms with Crippen LogP contribution in [-0.2, 0) is 11.2 Å². The highest BCUT2D eigenvalue weighted by Crippen LogP contribution is 2.23. The van der Waals surface area contributed by atoms with Crippen LogP contribution in [0.1, 0.15) is 18.4 Å². The van der Waals surface area contributed by atoms with E-state index in [9.17, 15) is 13.2 Å². The van der Waals surface area contributed by atoms with Gasteiger partial charge in [0, 0.05) is 13.2 Å². The Morgan fingerprint density at radius 3 is 2.26 bits per heavy atom. The van der Waals surface area contributed by atoms with Crippen molar-refractivity contribution in [3.63, 3.8) is 0 Å². The number of ether oxygens (including phenoxy) is 2. The quantitative estimate of drug-likeness (QED) is 0.743. The molecule has 1 aromatic rings. The lowest BCUT2D eigenvalue weighted by Gasteiger charge is -2.09. The van der Waals surface area contributed by atoms with Gasteiger partial charge < -0.3 is 15.2 Å². The number of hydrogen-bond donors (Lipinski definition) is 1. The van der Waals surface area contributed by atoms with Crippen LogP contribution in [0.4, 0.5) is 13.2 Å². The molecule has 0 amide bonds. The smallest absolute Gasteiger partial charge is 0.406 e. The zero-order valence-electron chi connectivity index (χ0n) is 10.6. The molecule has 2 N–H and O–H groups in total. The first kappa shape index (κ1) is 15.8. The minimum Gasteiger partial charge on any atom is -0.406 e. The summed E-state index contributed by atoms with van der Waals surface area (Å²) in [5.74, 6) is -0.192. The lowest BCUT2D eigenvalue weighted by molar-refractivity contribution is -0.274. The van der Waals surface area contributed by atoms with Gasteiger partial charge in [0.2, 0.25) is 0 Å². The topological polar surface area (TPSA) is 44.5 Å². The molecule has 0 atom stereocenters. The second kappa shape index (κ2) is 8.01. The van der Waals surface area contributed by atoms with Crippen LogP contribution in [0.25, 0.3) is 0 Å². The minimum absolute atomic E-state index is 0.192. The highest BCUT2D eigenvalue weighted by Gasteiger charge is 2.30. The van der Waals surface area contributed by atoms with E-state index >= 15 is 0 Å². The summed E-state index contributed by atoms with van der Waals surface area (Å²) < 4.78 is 44.9. The van der Waals surface area contributed by atoms with Crippen LogP contribution < -0.4 is 10.5 Å². The van der Waals surface area contributed by atoms with Gasteiger partial charge in [0.15, 0.2) is 0 Å². The zero-order valence-corrected chi connectivity index (χ0v) is 10.6. The van der Waals surface area contributed by atoms with Gasteiger partial charge in [-0.25, -0.2) is 0 Å². The predicted molar refractivity (Wildman–Crippen MR) is 65.9 cm³/mol. The first-order valence-corrected chi connectivity index (χ1v) is 6.14. The predicted octanol–water partition coefficient (Wildman–Crippen LogP) is 2.88. The van der Waals surface area contributed by atoms with Crippen molar-refractivity contribution in [2.45, 2.75) is 25.6 Å². The molecule has 0 fully saturated rings. The Morgan fingerprint density at radius 1 is 1.00 bits per heavy atom. The van der Waals surface area contributed by atoms with E-state index in [-0.39, 0.29) is 5.75 Å². The second-order valence-corrected chi connectivity index (χ2v) is 4.05. The molecule has 0 aliphatic rings. The molecule has 108 valence electrons. The summed E-state index contributed by atoms with van der Waals surface area (Å²) in [4.78, 5) is 0. The highest BCUT2D eigenvalue weighted by molar-refractivity contribution is 5.27. The van der Waals surface area contributed by atoms with Gasteiger partial charge in [-0.15, -0.1) is 13.2 Å². The van der Waals surface area contributed by atoms with E-state index in [1.165, 1.54) is 12.1 Å². The van der Waals surface area contributed by atoms with Crippen molar-refractivity contribution in [3.05, 3.63) is 29.8 Å². The number of nitrogens with two attached hydrogens (primary N) is 1. The van der Waals surface area contributed by atoms with Crippen LogP contribution in [0.2, 0.25) is 0 Å². The van der Waals surface area contributed by atoms with E-state index in [0.717, 1.165) is 24.8 Å². The molecule has 1 aromatic carbocycles. The molecule has 1 rings (SSSR count). The van der Waals surface area contributed by atoms with E-state index in [1.54, 1.807) is 12.1 Å². The first-order chi connectivity index (χ1) is 9.01. The molecule has 6 heteroatoms. The van der Waals surface area contributed by atoms with Crippen molar-refractivity contribution in [2.24, 2.45) is 5.73 Å². The molecule has 0 saturated carbocycles. The Bertz CT molecular complexity index is 352. The summed E-state index contributed by atoms with van der Waals surface area (Å²) in [5.41, 5.74) is 6.26. The monoisotopic (exact) mass is 277 g/mol. The van der Waals surface area contributed by atoms with E-state index in [2.05, 4.69) is 4.74 Å². The fourth-order valence-corrected chi connectivity index (χ4v) is 1.58. The number of rotatable bonds is 8. The van der Waals surface area contributed by atoms with E-state index in [1.807, 2.05) is 0 Å². The largest absolute Gasteiger partial charge is 0.573 e. The molecule has 0 spiro atoms. The Kier molecular flexibility index (Phi) is 6.66. The van der Waals surface area contributed by atoms with Crippen LogP contribution in [-0.4, -0.2) is 26.1 Å². The van der Waals surface area contributed by atoms with E-state index in [4.69, 9.17) is 10.5 Å². The SMILES string of the molecule is NCCOCCCCc1ccc(OC(F)(F)F)cc1. The summed E-state index contributed by atoms with van der Waals surface area (Å²) in [5, 5.41) is 0. The molecule has 19 heavy (non-hydrogen) atoms. The molecule has 0 radical (unpaired) electrons. The highest BCUT2D eigenvalue weighted by atomic mass is 19.4. The molecule has 0 saturated heterocycles. The molecule has 0 bridgehead atoms. The summed E-state index contributed by atoms with van der Waals surface area (Å²) in [6.45, 7) is 1.73. The Labute approximate surface area is 110 Å². The van der Waals surface area contributed by atoms with Gasteiger partial charge in [0.25, 0.3) is 0 Å². The van der Waals surface area contributed by atoms with Crippen molar-refractivity contribution in [1.82, 2.24) is 0 Å². The fourth-order valence-electron chi connectivity index (χ4n) is 1.58. The normalized spacial score (nSPS) is 11.6. The number of aryl methyl sites for hydroxylation is 1. The van der Waals surface area contributed by atoms with Crippen molar-refractivity contribution in [3.8, 4) is 5.75 Å². The third-order valence-electron chi connectivity index (χ3n) is 2.42.